The van der Waals surface area contributed by atoms with Crippen molar-refractivity contribution in [1.29, 1.82) is 0 Å². The molecular formula is C15H17N3O. The summed E-state index contributed by atoms with van der Waals surface area (Å²) >= 11 is 0. The predicted octanol–water partition coefficient (Wildman–Crippen LogP) is 2.40. The van der Waals surface area contributed by atoms with Crippen molar-refractivity contribution in [3.05, 3.63) is 59.9 Å². The summed E-state index contributed by atoms with van der Waals surface area (Å²) < 4.78 is 0. The van der Waals surface area contributed by atoms with E-state index in [1.807, 2.05) is 42.5 Å². The highest BCUT2D eigenvalue weighted by Gasteiger charge is 2.12. The van der Waals surface area contributed by atoms with Crippen molar-refractivity contribution in [1.82, 2.24) is 9.88 Å². The van der Waals surface area contributed by atoms with E-state index in [0.717, 1.165) is 11.4 Å². The lowest BCUT2D eigenvalue weighted by Crippen LogP contribution is -2.22. The predicted molar refractivity (Wildman–Crippen MR) is 76.0 cm³/mol. The van der Waals surface area contributed by atoms with Crippen LogP contribution in [0.15, 0.2) is 48.7 Å². The lowest BCUT2D eigenvalue weighted by molar-refractivity contribution is 0.0828. The molecule has 4 heteroatoms. The van der Waals surface area contributed by atoms with Crippen LogP contribution in [0.3, 0.4) is 0 Å². The lowest BCUT2D eigenvalue weighted by atomic mass is 10.1. The molecule has 2 rings (SSSR count). The summed E-state index contributed by atoms with van der Waals surface area (Å²) in [5.74, 6) is -0.0101. The average Bonchev–Trinajstić information content (AvgIpc) is 2.45. The molecule has 0 spiro atoms. The minimum absolute atomic E-state index is 0.0101. The number of pyridine rings is 1. The number of amides is 1. The minimum atomic E-state index is -0.0101. The Morgan fingerprint density at radius 3 is 2.58 bits per heavy atom. The second-order valence-electron chi connectivity index (χ2n) is 4.42. The first-order valence-corrected chi connectivity index (χ1v) is 6.13. The molecule has 0 aliphatic rings. The molecule has 2 aromatic rings. The number of carbonyl (C=O) groups excluding carboxylic acids is 1. The fourth-order valence-electron chi connectivity index (χ4n) is 1.75. The van der Waals surface area contributed by atoms with Gasteiger partial charge < -0.3 is 10.2 Å². The topological polar surface area (TPSA) is 45.2 Å². The van der Waals surface area contributed by atoms with Gasteiger partial charge in [0, 0.05) is 26.0 Å². The first kappa shape index (κ1) is 13.1. The standard InChI is InChI=1S/C15H17N3O/c1-18(2)15(19)13-8-3-4-9-14(13)17-11-12-7-5-6-10-16-12/h3-10,17H,11H2,1-2H3. The van der Waals surface area contributed by atoms with Crippen molar-refractivity contribution >= 4 is 11.6 Å². The van der Waals surface area contributed by atoms with Gasteiger partial charge in [0.15, 0.2) is 0 Å². The van der Waals surface area contributed by atoms with Crippen LogP contribution in [-0.2, 0) is 6.54 Å². The Bertz CT molecular complexity index is 552. The smallest absolute Gasteiger partial charge is 0.255 e. The normalized spacial score (nSPS) is 10.0. The van der Waals surface area contributed by atoms with E-state index in [4.69, 9.17) is 0 Å². The van der Waals surface area contributed by atoms with Crippen LogP contribution in [0.25, 0.3) is 0 Å². The highest BCUT2D eigenvalue weighted by atomic mass is 16.2. The van der Waals surface area contributed by atoms with Crippen molar-refractivity contribution in [2.24, 2.45) is 0 Å². The monoisotopic (exact) mass is 255 g/mol. The number of nitrogens with one attached hydrogen (secondary N) is 1. The Morgan fingerprint density at radius 2 is 1.89 bits per heavy atom. The van der Waals surface area contributed by atoms with Crippen LogP contribution in [0.4, 0.5) is 5.69 Å². The minimum Gasteiger partial charge on any atom is -0.379 e. The molecule has 4 nitrogen and oxygen atoms in total. The molecule has 0 atom stereocenters. The van der Waals surface area contributed by atoms with Gasteiger partial charge >= 0.3 is 0 Å². The third-order valence-electron chi connectivity index (χ3n) is 2.75. The molecule has 1 aromatic heterocycles. The molecular weight excluding hydrogens is 238 g/mol. The van der Waals surface area contributed by atoms with E-state index in [1.54, 1.807) is 25.2 Å². The van der Waals surface area contributed by atoms with Gasteiger partial charge in [0.1, 0.15) is 0 Å². The second kappa shape index (κ2) is 6.00. The molecule has 0 aliphatic heterocycles. The fourth-order valence-corrected chi connectivity index (χ4v) is 1.75. The largest absolute Gasteiger partial charge is 0.379 e. The highest BCUT2D eigenvalue weighted by Crippen LogP contribution is 2.17. The molecule has 1 N–H and O–H groups in total. The van der Waals surface area contributed by atoms with Gasteiger partial charge in [-0.05, 0) is 24.3 Å². The van der Waals surface area contributed by atoms with E-state index < -0.39 is 0 Å². The first-order chi connectivity index (χ1) is 9.18. The number of anilines is 1. The van der Waals surface area contributed by atoms with Gasteiger partial charge in [0.2, 0.25) is 0 Å². The highest BCUT2D eigenvalue weighted by molar-refractivity contribution is 5.99. The Morgan fingerprint density at radius 1 is 1.16 bits per heavy atom. The maximum absolute atomic E-state index is 12.0. The first-order valence-electron chi connectivity index (χ1n) is 6.13. The summed E-state index contributed by atoms with van der Waals surface area (Å²) in [6.07, 6.45) is 1.76. The molecule has 1 heterocycles. The van der Waals surface area contributed by atoms with E-state index in [-0.39, 0.29) is 5.91 Å². The van der Waals surface area contributed by atoms with E-state index in [0.29, 0.717) is 12.1 Å². The van der Waals surface area contributed by atoms with Crippen molar-refractivity contribution in [3.8, 4) is 0 Å². The molecule has 0 unspecified atom stereocenters. The molecule has 1 amide bonds. The molecule has 0 radical (unpaired) electrons. The summed E-state index contributed by atoms with van der Waals surface area (Å²) in [6, 6.07) is 13.3. The van der Waals surface area contributed by atoms with Gasteiger partial charge in [0.05, 0.1) is 17.8 Å². The van der Waals surface area contributed by atoms with E-state index in [2.05, 4.69) is 10.3 Å². The quantitative estimate of drug-likeness (QED) is 0.912. The van der Waals surface area contributed by atoms with Crippen molar-refractivity contribution < 1.29 is 4.79 Å². The number of nitrogens with zero attached hydrogens (tertiary/aromatic N) is 2. The van der Waals surface area contributed by atoms with Crippen LogP contribution in [0.5, 0.6) is 0 Å². The summed E-state index contributed by atoms with van der Waals surface area (Å²) in [4.78, 5) is 17.9. The molecule has 1 aromatic carbocycles. The van der Waals surface area contributed by atoms with Gasteiger partial charge in [-0.1, -0.05) is 18.2 Å². The third-order valence-corrected chi connectivity index (χ3v) is 2.75. The number of hydrogen-bond donors (Lipinski definition) is 1. The van der Waals surface area contributed by atoms with Gasteiger partial charge in [0.25, 0.3) is 5.91 Å². The van der Waals surface area contributed by atoms with Gasteiger partial charge in [-0.25, -0.2) is 0 Å². The summed E-state index contributed by atoms with van der Waals surface area (Å²) in [5, 5.41) is 3.26. The Hall–Kier alpha value is -2.36. The van der Waals surface area contributed by atoms with Crippen LogP contribution in [0, 0.1) is 0 Å². The van der Waals surface area contributed by atoms with E-state index in [9.17, 15) is 4.79 Å². The maximum Gasteiger partial charge on any atom is 0.255 e. The molecule has 0 bridgehead atoms. The number of carbonyl (C=O) groups is 1. The zero-order chi connectivity index (χ0) is 13.7. The van der Waals surface area contributed by atoms with Crippen molar-refractivity contribution in [2.45, 2.75) is 6.54 Å². The Kier molecular flexibility index (Phi) is 4.13. The van der Waals surface area contributed by atoms with Crippen molar-refractivity contribution in [3.63, 3.8) is 0 Å². The van der Waals surface area contributed by atoms with Crippen LogP contribution in [-0.4, -0.2) is 29.9 Å². The van der Waals surface area contributed by atoms with Gasteiger partial charge in [-0.3, -0.25) is 9.78 Å². The van der Waals surface area contributed by atoms with Crippen LogP contribution < -0.4 is 5.32 Å². The van der Waals surface area contributed by atoms with Gasteiger partial charge in [-0.15, -0.1) is 0 Å². The van der Waals surface area contributed by atoms with Crippen LogP contribution in [0.1, 0.15) is 16.1 Å². The summed E-state index contributed by atoms with van der Waals surface area (Å²) in [6.45, 7) is 0.596. The Balaban J connectivity index is 2.14. The summed E-state index contributed by atoms with van der Waals surface area (Å²) in [7, 11) is 3.50. The molecule has 0 saturated carbocycles. The molecule has 98 valence electrons. The lowest BCUT2D eigenvalue weighted by Gasteiger charge is -2.15. The zero-order valence-electron chi connectivity index (χ0n) is 11.1. The number of rotatable bonds is 4. The van der Waals surface area contributed by atoms with E-state index >= 15 is 0 Å². The van der Waals surface area contributed by atoms with Crippen LogP contribution in [0.2, 0.25) is 0 Å². The molecule has 0 fully saturated rings. The fraction of sp³-hybridized carbons (Fsp3) is 0.200. The zero-order valence-corrected chi connectivity index (χ0v) is 11.1. The number of aromatic nitrogens is 1. The molecule has 0 saturated heterocycles. The molecule has 19 heavy (non-hydrogen) atoms. The maximum atomic E-state index is 12.0. The van der Waals surface area contributed by atoms with Crippen LogP contribution >= 0.6 is 0 Å². The average molecular weight is 255 g/mol. The Labute approximate surface area is 113 Å². The summed E-state index contributed by atoms with van der Waals surface area (Å²) in [5.41, 5.74) is 2.44. The SMILES string of the molecule is CN(C)C(=O)c1ccccc1NCc1ccccn1. The second-order valence-corrected chi connectivity index (χ2v) is 4.42. The van der Waals surface area contributed by atoms with E-state index in [1.165, 1.54) is 0 Å². The number of hydrogen-bond acceptors (Lipinski definition) is 3. The van der Waals surface area contributed by atoms with Crippen molar-refractivity contribution in [2.75, 3.05) is 19.4 Å². The van der Waals surface area contributed by atoms with Gasteiger partial charge in [-0.2, -0.15) is 0 Å². The molecule has 0 aliphatic carbocycles. The third kappa shape index (κ3) is 3.31. The number of benzene rings is 1. The number of para-hydroxylation sites is 1.